The Hall–Kier alpha value is -2.41. The summed E-state index contributed by atoms with van der Waals surface area (Å²) in [4.78, 5) is 21.4. The lowest BCUT2D eigenvalue weighted by Gasteiger charge is -2.29. The molecule has 0 unspecified atom stereocenters. The van der Waals surface area contributed by atoms with Gasteiger partial charge in [-0.15, -0.1) is 11.3 Å². The molecule has 0 aromatic carbocycles. The largest absolute Gasteiger partial charge is 0.871 e. The molecule has 0 spiro atoms. The van der Waals surface area contributed by atoms with Crippen molar-refractivity contribution in [2.24, 2.45) is 4.99 Å². The highest BCUT2D eigenvalue weighted by molar-refractivity contribution is 7.17. The summed E-state index contributed by atoms with van der Waals surface area (Å²) in [6, 6.07) is 4.64. The van der Waals surface area contributed by atoms with Crippen LogP contribution in [0.5, 0.6) is 0 Å². The first-order chi connectivity index (χ1) is 24.5. The van der Waals surface area contributed by atoms with E-state index in [-0.39, 0.29) is 17.1 Å². The molecule has 0 atom stereocenters. The van der Waals surface area contributed by atoms with E-state index in [1.54, 1.807) is 17.6 Å². The standard InChI is InChI=1S/C43H71N3O3S/c1-5-9-13-17-21-25-31-45(32-26-22-18-14-10-6-2)38-30-29-37(50-38)40-41(47)39(42(40)48)36-35-44-43(49-36)46(33-27-23-19-15-11-7-3)34-28-24-20-16-12-8-4/h29-30,35H,5-28,31-34H2,1-4H3. The Morgan fingerprint density at radius 1 is 0.640 bits per heavy atom. The fourth-order valence-corrected chi connectivity index (χ4v) is 8.06. The van der Waals surface area contributed by atoms with Gasteiger partial charge in [-0.2, -0.15) is 0 Å². The van der Waals surface area contributed by atoms with E-state index < -0.39 is 0 Å². The van der Waals surface area contributed by atoms with Gasteiger partial charge in [-0.1, -0.05) is 149 Å². The summed E-state index contributed by atoms with van der Waals surface area (Å²) in [5.74, 6) is -0.0926. The molecule has 2 aliphatic rings. The zero-order chi connectivity index (χ0) is 35.8. The van der Waals surface area contributed by atoms with Crippen molar-refractivity contribution in [3.05, 3.63) is 34.1 Å². The lowest BCUT2D eigenvalue weighted by atomic mass is 9.86. The fraction of sp³-hybridized carbons (Fsp3) is 0.744. The molecule has 0 amide bonds. The number of thiophene rings is 1. The van der Waals surface area contributed by atoms with E-state index in [0.29, 0.717) is 17.4 Å². The zero-order valence-corrected chi connectivity index (χ0v) is 33.3. The molecule has 0 N–H and O–H groups in total. The number of rotatable bonds is 30. The van der Waals surface area contributed by atoms with Crippen LogP contribution < -0.4 is 10.0 Å². The van der Waals surface area contributed by atoms with E-state index in [9.17, 15) is 9.90 Å². The van der Waals surface area contributed by atoms with Gasteiger partial charge in [0.1, 0.15) is 0 Å². The minimum atomic E-state index is -0.206. The van der Waals surface area contributed by atoms with Gasteiger partial charge < -0.3 is 14.7 Å². The first-order valence-electron chi connectivity index (χ1n) is 20.9. The first kappa shape index (κ1) is 42.0. The van der Waals surface area contributed by atoms with Gasteiger partial charge in [0.25, 0.3) is 0 Å². The normalized spacial score (nSPS) is 15.7. The predicted molar refractivity (Wildman–Crippen MR) is 214 cm³/mol. The second-order valence-electron chi connectivity index (χ2n) is 14.6. The fourth-order valence-electron chi connectivity index (χ4n) is 6.97. The predicted octanol–water partition coefficient (Wildman–Crippen LogP) is 11.4. The van der Waals surface area contributed by atoms with Crippen LogP contribution in [0.1, 0.15) is 187 Å². The molecular weight excluding hydrogens is 639 g/mol. The number of carbonyl (C=O) groups is 1. The Morgan fingerprint density at radius 3 is 1.58 bits per heavy atom. The number of aliphatic imine (C=N–C) groups is 1. The Balaban J connectivity index is 1.67. The van der Waals surface area contributed by atoms with Crippen molar-refractivity contribution >= 4 is 39.9 Å². The van der Waals surface area contributed by atoms with Crippen LogP contribution in [0.4, 0.5) is 5.00 Å². The minimum Gasteiger partial charge on any atom is -0.871 e. The smallest absolute Gasteiger partial charge is 0.499 e. The molecular formula is C43H71N3O3S. The third kappa shape index (κ3) is 14.3. The molecule has 7 heteroatoms. The second kappa shape index (κ2) is 25.5. The van der Waals surface area contributed by atoms with Gasteiger partial charge in [0.15, 0.2) is 17.8 Å². The van der Waals surface area contributed by atoms with Crippen molar-refractivity contribution in [2.45, 2.75) is 182 Å². The Morgan fingerprint density at radius 2 is 1.10 bits per heavy atom. The van der Waals surface area contributed by atoms with Crippen LogP contribution in [0.15, 0.2) is 34.2 Å². The maximum Gasteiger partial charge on any atom is 0.499 e. The van der Waals surface area contributed by atoms with Gasteiger partial charge in [-0.05, 0) is 55.7 Å². The summed E-state index contributed by atoms with van der Waals surface area (Å²) in [5.41, 5.74) is 0.466. The zero-order valence-electron chi connectivity index (χ0n) is 32.5. The van der Waals surface area contributed by atoms with Gasteiger partial charge >= 0.3 is 6.02 Å². The quantitative estimate of drug-likeness (QED) is 0.0453. The number of carbonyl (C=O) groups excluding carboxylic acids is 1. The van der Waals surface area contributed by atoms with Crippen molar-refractivity contribution in [2.75, 3.05) is 31.1 Å². The lowest BCUT2D eigenvalue weighted by molar-refractivity contribution is -0.537. The molecule has 6 nitrogen and oxygen atoms in total. The first-order valence-corrected chi connectivity index (χ1v) is 21.8. The Kier molecular flexibility index (Phi) is 21.4. The van der Waals surface area contributed by atoms with Gasteiger partial charge in [0, 0.05) is 23.5 Å². The van der Waals surface area contributed by atoms with Crippen molar-refractivity contribution in [3.8, 4) is 0 Å². The number of allylic oxidation sites excluding steroid dienone is 3. The van der Waals surface area contributed by atoms with E-state index in [1.807, 2.05) is 6.07 Å². The SMILES string of the molecule is CCCCCCCCN(CCCCCCCC)c1ccc(C2=C([O-])/C(=C3\C=NC(=[N+](CCCCCCCC)CCCCCCCC)O3)C2=O)s1. The summed E-state index contributed by atoms with van der Waals surface area (Å²) in [5, 5.41) is 14.7. The maximum absolute atomic E-state index is 13.5. The van der Waals surface area contributed by atoms with Crippen LogP contribution in [0.2, 0.25) is 0 Å². The van der Waals surface area contributed by atoms with Crippen molar-refractivity contribution < 1.29 is 19.2 Å². The highest BCUT2D eigenvalue weighted by atomic mass is 32.1. The molecule has 0 saturated heterocycles. The summed E-state index contributed by atoms with van der Waals surface area (Å²) < 4.78 is 8.42. The number of unbranched alkanes of at least 4 members (excludes halogenated alkanes) is 20. The van der Waals surface area contributed by atoms with Crippen molar-refractivity contribution in [1.82, 2.24) is 0 Å². The van der Waals surface area contributed by atoms with E-state index in [0.717, 1.165) is 43.9 Å². The molecule has 1 aliphatic carbocycles. The molecule has 1 aromatic heterocycles. The maximum atomic E-state index is 13.5. The number of anilines is 1. The molecule has 0 fully saturated rings. The topological polar surface area (TPSA) is 68.0 Å². The molecule has 50 heavy (non-hydrogen) atoms. The molecule has 0 bridgehead atoms. The van der Waals surface area contributed by atoms with Crippen molar-refractivity contribution in [3.63, 3.8) is 0 Å². The van der Waals surface area contributed by atoms with Crippen LogP contribution in [0.25, 0.3) is 5.57 Å². The van der Waals surface area contributed by atoms with Crippen LogP contribution >= 0.6 is 11.3 Å². The minimum absolute atomic E-state index is 0.156. The molecule has 1 aromatic rings. The average Bonchev–Trinajstić information content (AvgIpc) is 3.79. The summed E-state index contributed by atoms with van der Waals surface area (Å²) in [6.07, 6.45) is 31.7. The number of ether oxygens (including phenoxy) is 1. The highest BCUT2D eigenvalue weighted by Crippen LogP contribution is 2.41. The monoisotopic (exact) mass is 710 g/mol. The van der Waals surface area contributed by atoms with E-state index in [2.05, 4.69) is 48.2 Å². The summed E-state index contributed by atoms with van der Waals surface area (Å²) in [6.45, 7) is 12.9. The van der Waals surface area contributed by atoms with Gasteiger partial charge in [0.2, 0.25) is 0 Å². The third-order valence-electron chi connectivity index (χ3n) is 10.2. The average molecular weight is 710 g/mol. The van der Waals surface area contributed by atoms with E-state index in [1.165, 1.54) is 146 Å². The Labute approximate surface area is 310 Å². The molecule has 282 valence electrons. The number of amidine groups is 1. The molecule has 0 radical (unpaired) electrons. The highest BCUT2D eigenvalue weighted by Gasteiger charge is 2.37. The summed E-state index contributed by atoms with van der Waals surface area (Å²) >= 11 is 1.59. The van der Waals surface area contributed by atoms with E-state index >= 15 is 0 Å². The van der Waals surface area contributed by atoms with Crippen LogP contribution in [-0.4, -0.2) is 48.8 Å². The van der Waals surface area contributed by atoms with E-state index in [4.69, 9.17) is 4.74 Å². The molecule has 3 rings (SSSR count). The summed E-state index contributed by atoms with van der Waals surface area (Å²) in [7, 11) is 0. The number of hydrogen-bond donors (Lipinski definition) is 0. The van der Waals surface area contributed by atoms with Gasteiger partial charge in [0.05, 0.1) is 23.7 Å². The van der Waals surface area contributed by atoms with Crippen LogP contribution in [0.3, 0.4) is 0 Å². The second-order valence-corrected chi connectivity index (χ2v) is 15.7. The number of Topliss-reactive ketones (excluding diaryl/α,β-unsaturated/α-hetero) is 1. The van der Waals surface area contributed by atoms with Crippen molar-refractivity contribution in [1.29, 1.82) is 0 Å². The number of nitrogens with zero attached hydrogens (tertiary/aromatic N) is 3. The Bertz CT molecular complexity index is 1210. The third-order valence-corrected chi connectivity index (χ3v) is 11.4. The van der Waals surface area contributed by atoms with Crippen LogP contribution in [-0.2, 0) is 9.53 Å². The number of hydrogen-bond acceptors (Lipinski definition) is 5. The lowest BCUT2D eigenvalue weighted by Crippen LogP contribution is -2.31. The number of ketones is 1. The molecule has 1 aliphatic heterocycles. The van der Waals surface area contributed by atoms with Gasteiger partial charge in [-0.3, -0.25) is 4.79 Å². The van der Waals surface area contributed by atoms with Crippen LogP contribution in [0, 0.1) is 0 Å². The molecule has 0 saturated carbocycles. The molecule has 2 heterocycles. The van der Waals surface area contributed by atoms with Gasteiger partial charge in [-0.25, -0.2) is 4.58 Å².